The van der Waals surface area contributed by atoms with E-state index in [-0.39, 0.29) is 4.90 Å². The largest absolute Gasteiger partial charge is 0.281 e. The van der Waals surface area contributed by atoms with Crippen LogP contribution in [0.4, 0.5) is 0 Å². The Bertz CT molecular complexity index is 658. The molecule has 5 nitrogen and oxygen atoms in total. The van der Waals surface area contributed by atoms with Gasteiger partial charge in [-0.25, -0.2) is 8.42 Å². The maximum Gasteiger partial charge on any atom is 0.247 e. The average molecular weight is 293 g/mol. The van der Waals surface area contributed by atoms with Crippen LogP contribution in [0.5, 0.6) is 0 Å². The van der Waals surface area contributed by atoms with E-state index in [0.717, 1.165) is 5.56 Å². The van der Waals surface area contributed by atoms with Crippen molar-refractivity contribution in [3.05, 3.63) is 47.3 Å². The molecule has 0 atom stereocenters. The van der Waals surface area contributed by atoms with Crippen LogP contribution >= 0.6 is 0 Å². The summed E-state index contributed by atoms with van der Waals surface area (Å²) >= 11 is 0. The van der Waals surface area contributed by atoms with Crippen molar-refractivity contribution >= 4 is 10.0 Å². The lowest BCUT2D eigenvalue weighted by Crippen LogP contribution is -2.31. The van der Waals surface area contributed by atoms with Crippen molar-refractivity contribution in [2.75, 3.05) is 6.54 Å². The van der Waals surface area contributed by atoms with E-state index in [1.807, 2.05) is 37.3 Å². The summed E-state index contributed by atoms with van der Waals surface area (Å²) in [6.07, 6.45) is 0. The fourth-order valence-electron chi connectivity index (χ4n) is 2.20. The molecule has 0 spiro atoms. The zero-order valence-corrected chi connectivity index (χ0v) is 12.7. The lowest BCUT2D eigenvalue weighted by molar-refractivity contribution is 0.423. The first-order valence-electron chi connectivity index (χ1n) is 6.52. The standard InChI is InChI=1S/C14H19N3O2S/c1-4-17(10-13-8-6-5-7-9-13)20(18,19)14-11(2)15-16-12(14)3/h5-9H,4,10H2,1-3H3,(H,15,16). The number of benzene rings is 1. The van der Waals surface area contributed by atoms with Crippen molar-refractivity contribution in [1.82, 2.24) is 14.5 Å². The molecule has 1 aromatic heterocycles. The topological polar surface area (TPSA) is 66.1 Å². The fraction of sp³-hybridized carbons (Fsp3) is 0.357. The van der Waals surface area contributed by atoms with Gasteiger partial charge in [-0.15, -0.1) is 0 Å². The second-order valence-electron chi connectivity index (χ2n) is 4.68. The average Bonchev–Trinajstić information content (AvgIpc) is 2.77. The third kappa shape index (κ3) is 2.76. The summed E-state index contributed by atoms with van der Waals surface area (Å²) in [5.41, 5.74) is 2.06. The molecule has 6 heteroatoms. The SMILES string of the molecule is CCN(Cc1ccccc1)S(=O)(=O)c1c(C)n[nH]c1C. The molecule has 0 aliphatic rings. The van der Waals surface area contributed by atoms with Crippen molar-refractivity contribution in [3.8, 4) is 0 Å². The highest BCUT2D eigenvalue weighted by atomic mass is 32.2. The summed E-state index contributed by atoms with van der Waals surface area (Å²) in [4.78, 5) is 0.287. The number of rotatable bonds is 5. The molecule has 1 N–H and O–H groups in total. The summed E-state index contributed by atoms with van der Waals surface area (Å²) in [6, 6.07) is 9.58. The molecule has 0 aliphatic heterocycles. The highest BCUT2D eigenvalue weighted by molar-refractivity contribution is 7.89. The number of aryl methyl sites for hydroxylation is 2. The van der Waals surface area contributed by atoms with Gasteiger partial charge in [-0.2, -0.15) is 9.40 Å². The Balaban J connectivity index is 2.36. The number of aromatic amines is 1. The summed E-state index contributed by atoms with van der Waals surface area (Å²) < 4.78 is 26.9. The van der Waals surface area contributed by atoms with Gasteiger partial charge < -0.3 is 0 Å². The molecule has 0 saturated carbocycles. The van der Waals surface area contributed by atoms with Crippen molar-refractivity contribution in [1.29, 1.82) is 0 Å². The minimum atomic E-state index is -3.53. The Hall–Kier alpha value is -1.66. The Kier molecular flexibility index (Phi) is 4.25. The number of aromatic nitrogens is 2. The molecule has 0 radical (unpaired) electrons. The highest BCUT2D eigenvalue weighted by Gasteiger charge is 2.28. The van der Waals surface area contributed by atoms with E-state index in [1.165, 1.54) is 4.31 Å². The van der Waals surface area contributed by atoms with Crippen molar-refractivity contribution in [2.45, 2.75) is 32.2 Å². The van der Waals surface area contributed by atoms with E-state index in [9.17, 15) is 8.42 Å². The summed E-state index contributed by atoms with van der Waals surface area (Å²) in [6.45, 7) is 6.05. The first kappa shape index (κ1) is 14.7. The smallest absolute Gasteiger partial charge is 0.247 e. The van der Waals surface area contributed by atoms with Crippen molar-refractivity contribution in [3.63, 3.8) is 0 Å². The van der Waals surface area contributed by atoms with E-state index in [2.05, 4.69) is 10.2 Å². The van der Waals surface area contributed by atoms with Gasteiger partial charge in [-0.1, -0.05) is 37.3 Å². The van der Waals surface area contributed by atoms with Crippen LogP contribution < -0.4 is 0 Å². The maximum atomic E-state index is 12.7. The van der Waals surface area contributed by atoms with Gasteiger partial charge in [0, 0.05) is 13.1 Å². The van der Waals surface area contributed by atoms with Crippen LogP contribution in [0.2, 0.25) is 0 Å². The van der Waals surface area contributed by atoms with Gasteiger partial charge in [-0.3, -0.25) is 5.10 Å². The zero-order chi connectivity index (χ0) is 14.8. The quantitative estimate of drug-likeness (QED) is 0.919. The third-order valence-electron chi connectivity index (χ3n) is 3.21. The van der Waals surface area contributed by atoms with Crippen LogP contribution in [0.1, 0.15) is 23.9 Å². The predicted molar refractivity (Wildman–Crippen MR) is 77.8 cm³/mol. The summed E-state index contributed by atoms with van der Waals surface area (Å²) in [5.74, 6) is 0. The molecule has 0 amide bonds. The van der Waals surface area contributed by atoms with Gasteiger partial charge >= 0.3 is 0 Å². The molecule has 1 aromatic carbocycles. The van der Waals surface area contributed by atoms with E-state index < -0.39 is 10.0 Å². The predicted octanol–water partition coefficient (Wildman–Crippen LogP) is 2.24. The Labute approximate surface area is 119 Å². The Morgan fingerprint density at radius 2 is 1.85 bits per heavy atom. The van der Waals surface area contributed by atoms with Gasteiger partial charge in [0.05, 0.1) is 11.4 Å². The molecule has 0 fully saturated rings. The molecule has 0 unspecified atom stereocenters. The number of hydrogen-bond donors (Lipinski definition) is 1. The number of nitrogens with zero attached hydrogens (tertiary/aromatic N) is 2. The van der Waals surface area contributed by atoms with E-state index >= 15 is 0 Å². The second kappa shape index (κ2) is 5.76. The van der Waals surface area contributed by atoms with Gasteiger partial charge in [0.25, 0.3) is 0 Å². The molecule has 0 bridgehead atoms. The first-order chi connectivity index (χ1) is 9.46. The fourth-order valence-corrected chi connectivity index (χ4v) is 3.97. The van der Waals surface area contributed by atoms with E-state index in [0.29, 0.717) is 24.5 Å². The summed E-state index contributed by atoms with van der Waals surface area (Å²) in [5, 5.41) is 6.71. The van der Waals surface area contributed by atoms with Crippen LogP contribution in [0.25, 0.3) is 0 Å². The number of nitrogens with one attached hydrogen (secondary N) is 1. The van der Waals surface area contributed by atoms with Crippen LogP contribution in [-0.2, 0) is 16.6 Å². The van der Waals surface area contributed by atoms with Crippen molar-refractivity contribution in [2.24, 2.45) is 0 Å². The first-order valence-corrected chi connectivity index (χ1v) is 7.96. The normalized spacial score (nSPS) is 12.0. The van der Waals surface area contributed by atoms with Gasteiger partial charge in [0.2, 0.25) is 10.0 Å². The molecule has 1 heterocycles. The van der Waals surface area contributed by atoms with Crippen LogP contribution in [0.15, 0.2) is 35.2 Å². The minimum absolute atomic E-state index is 0.287. The van der Waals surface area contributed by atoms with Gasteiger partial charge in [-0.05, 0) is 19.4 Å². The summed E-state index contributed by atoms with van der Waals surface area (Å²) in [7, 11) is -3.53. The molecule has 108 valence electrons. The molecule has 0 aliphatic carbocycles. The Morgan fingerprint density at radius 3 is 2.35 bits per heavy atom. The van der Waals surface area contributed by atoms with E-state index in [4.69, 9.17) is 0 Å². The third-order valence-corrected chi connectivity index (χ3v) is 5.40. The van der Waals surface area contributed by atoms with Crippen LogP contribution in [0.3, 0.4) is 0 Å². The molecule has 2 rings (SSSR count). The number of hydrogen-bond acceptors (Lipinski definition) is 3. The zero-order valence-electron chi connectivity index (χ0n) is 11.9. The van der Waals surface area contributed by atoms with Gasteiger partial charge in [0.15, 0.2) is 0 Å². The van der Waals surface area contributed by atoms with Crippen molar-refractivity contribution < 1.29 is 8.42 Å². The number of sulfonamides is 1. The molecular weight excluding hydrogens is 274 g/mol. The second-order valence-corrected chi connectivity index (χ2v) is 6.55. The van der Waals surface area contributed by atoms with E-state index in [1.54, 1.807) is 13.8 Å². The molecule has 2 aromatic rings. The molecular formula is C14H19N3O2S. The molecule has 20 heavy (non-hydrogen) atoms. The number of H-pyrrole nitrogens is 1. The molecule has 0 saturated heterocycles. The lowest BCUT2D eigenvalue weighted by atomic mass is 10.2. The van der Waals surface area contributed by atoms with Crippen LogP contribution in [0, 0.1) is 13.8 Å². The highest BCUT2D eigenvalue weighted by Crippen LogP contribution is 2.22. The minimum Gasteiger partial charge on any atom is -0.281 e. The Morgan fingerprint density at radius 1 is 1.20 bits per heavy atom. The van der Waals surface area contributed by atoms with Gasteiger partial charge in [0.1, 0.15) is 4.90 Å². The lowest BCUT2D eigenvalue weighted by Gasteiger charge is -2.20. The maximum absolute atomic E-state index is 12.7. The monoisotopic (exact) mass is 293 g/mol. The van der Waals surface area contributed by atoms with Crippen LogP contribution in [-0.4, -0.2) is 29.5 Å².